The normalized spacial score (nSPS) is 12.3. The Labute approximate surface area is 188 Å². The predicted molar refractivity (Wildman–Crippen MR) is 128 cm³/mol. The van der Waals surface area contributed by atoms with Crippen LogP contribution in [-0.2, 0) is 27.8 Å². The molecule has 0 aliphatic rings. The van der Waals surface area contributed by atoms with Crippen LogP contribution in [-0.4, -0.2) is 35.8 Å². The highest BCUT2D eigenvalue weighted by Crippen LogP contribution is 2.22. The topological polar surface area (TPSA) is 49.4 Å². The molecule has 1 N–H and O–H groups in total. The van der Waals surface area contributed by atoms with Gasteiger partial charge in [0.05, 0.1) is 0 Å². The van der Waals surface area contributed by atoms with Crippen molar-refractivity contribution in [1.82, 2.24) is 10.2 Å². The summed E-state index contributed by atoms with van der Waals surface area (Å²) in [5.74, 6) is -0.0623. The molecule has 0 fully saturated rings. The Kier molecular flexibility index (Phi) is 9.29. The second-order valence-electron chi connectivity index (χ2n) is 9.24. The highest BCUT2D eigenvalue weighted by Gasteiger charge is 2.25. The third-order valence-corrected chi connectivity index (χ3v) is 5.65. The van der Waals surface area contributed by atoms with E-state index in [0.29, 0.717) is 25.9 Å². The first kappa shape index (κ1) is 24.6. The third-order valence-electron chi connectivity index (χ3n) is 5.65. The van der Waals surface area contributed by atoms with Crippen molar-refractivity contribution >= 4 is 11.8 Å². The average molecular weight is 423 g/mol. The first-order chi connectivity index (χ1) is 14.7. The molecule has 2 rings (SSSR count). The zero-order chi connectivity index (χ0) is 22.9. The van der Waals surface area contributed by atoms with E-state index in [1.54, 1.807) is 4.90 Å². The van der Waals surface area contributed by atoms with Gasteiger partial charge in [0.2, 0.25) is 11.8 Å². The lowest BCUT2D eigenvalue weighted by Gasteiger charge is -2.29. The molecule has 1 unspecified atom stereocenters. The molecule has 2 amide bonds. The number of nitrogens with one attached hydrogen (secondary N) is 1. The summed E-state index contributed by atoms with van der Waals surface area (Å²) in [5, 5.41) is 2.93. The van der Waals surface area contributed by atoms with Gasteiger partial charge in [0.25, 0.3) is 0 Å². The van der Waals surface area contributed by atoms with Crippen molar-refractivity contribution in [2.45, 2.75) is 71.8 Å². The van der Waals surface area contributed by atoms with Crippen molar-refractivity contribution in [1.29, 1.82) is 0 Å². The van der Waals surface area contributed by atoms with Gasteiger partial charge in [0.1, 0.15) is 6.04 Å². The predicted octanol–water partition coefficient (Wildman–Crippen LogP) is 4.90. The van der Waals surface area contributed by atoms with Gasteiger partial charge in [0, 0.05) is 19.5 Å². The Morgan fingerprint density at radius 3 is 2.13 bits per heavy atom. The molecule has 0 saturated heterocycles. The smallest absolute Gasteiger partial charge is 0.242 e. The van der Waals surface area contributed by atoms with E-state index >= 15 is 0 Å². The molecule has 4 nitrogen and oxygen atoms in total. The number of rotatable bonds is 10. The van der Waals surface area contributed by atoms with Crippen LogP contribution in [0.25, 0.3) is 0 Å². The second-order valence-corrected chi connectivity index (χ2v) is 9.24. The Morgan fingerprint density at radius 1 is 0.935 bits per heavy atom. The standard InChI is InChI=1S/C27H38N2O2/c1-6-19-28-26(31)21(2)29(20-18-22-10-8-7-9-11-22)25(30)17-14-23-12-15-24(16-13-23)27(3,4)5/h7-13,15-16,21H,6,14,17-20H2,1-5H3,(H,28,31). The lowest BCUT2D eigenvalue weighted by Crippen LogP contribution is -2.49. The number of aryl methyl sites for hydroxylation is 1. The number of hydrogen-bond donors (Lipinski definition) is 1. The summed E-state index contributed by atoms with van der Waals surface area (Å²) in [5.41, 5.74) is 3.71. The van der Waals surface area contributed by atoms with Crippen molar-refractivity contribution < 1.29 is 9.59 Å². The average Bonchev–Trinajstić information content (AvgIpc) is 2.76. The van der Waals surface area contributed by atoms with Crippen molar-refractivity contribution in [3.8, 4) is 0 Å². The van der Waals surface area contributed by atoms with Gasteiger partial charge in [-0.25, -0.2) is 0 Å². The molecule has 0 heterocycles. The maximum absolute atomic E-state index is 13.1. The van der Waals surface area contributed by atoms with Crippen LogP contribution in [0, 0.1) is 0 Å². The van der Waals surface area contributed by atoms with Gasteiger partial charge in [-0.2, -0.15) is 0 Å². The minimum absolute atomic E-state index is 0.0231. The Hall–Kier alpha value is -2.62. The lowest BCUT2D eigenvalue weighted by atomic mass is 9.86. The van der Waals surface area contributed by atoms with Crippen molar-refractivity contribution in [3.05, 3.63) is 71.3 Å². The summed E-state index contributed by atoms with van der Waals surface area (Å²) in [6.45, 7) is 11.6. The van der Waals surface area contributed by atoms with E-state index < -0.39 is 6.04 Å². The molecule has 1 atom stereocenters. The zero-order valence-electron chi connectivity index (χ0n) is 19.8. The minimum Gasteiger partial charge on any atom is -0.354 e. The van der Waals surface area contributed by atoms with Crippen LogP contribution >= 0.6 is 0 Å². The van der Waals surface area contributed by atoms with Crippen molar-refractivity contribution in [2.75, 3.05) is 13.1 Å². The van der Waals surface area contributed by atoms with Gasteiger partial charge in [-0.1, -0.05) is 82.3 Å². The molecule has 0 bridgehead atoms. The molecule has 168 valence electrons. The van der Waals surface area contributed by atoms with Gasteiger partial charge in [-0.3, -0.25) is 9.59 Å². The van der Waals surface area contributed by atoms with Crippen LogP contribution in [0.3, 0.4) is 0 Å². The fourth-order valence-corrected chi connectivity index (χ4v) is 3.53. The Balaban J connectivity index is 2.04. The monoisotopic (exact) mass is 422 g/mol. The van der Waals surface area contributed by atoms with E-state index in [9.17, 15) is 9.59 Å². The first-order valence-corrected chi connectivity index (χ1v) is 11.4. The molecular weight excluding hydrogens is 384 g/mol. The Bertz CT molecular complexity index is 823. The van der Waals surface area contributed by atoms with Crippen LogP contribution in [0.5, 0.6) is 0 Å². The molecular formula is C27H38N2O2. The molecule has 0 saturated carbocycles. The number of carbonyl (C=O) groups is 2. The van der Waals surface area contributed by atoms with E-state index in [-0.39, 0.29) is 17.2 Å². The first-order valence-electron chi connectivity index (χ1n) is 11.4. The number of hydrogen-bond acceptors (Lipinski definition) is 2. The van der Waals surface area contributed by atoms with Crippen LogP contribution in [0.2, 0.25) is 0 Å². The second kappa shape index (κ2) is 11.7. The number of carbonyl (C=O) groups excluding carboxylic acids is 2. The van der Waals surface area contributed by atoms with E-state index in [4.69, 9.17) is 0 Å². The summed E-state index contributed by atoms with van der Waals surface area (Å²) in [6, 6.07) is 18.1. The molecule has 0 aliphatic heterocycles. The SMILES string of the molecule is CCCNC(=O)C(C)N(CCc1ccccc1)C(=O)CCc1ccc(C(C)(C)C)cc1. The summed E-state index contributed by atoms with van der Waals surface area (Å²) in [6.07, 6.45) is 2.68. The number of benzene rings is 2. The summed E-state index contributed by atoms with van der Waals surface area (Å²) in [7, 11) is 0. The maximum Gasteiger partial charge on any atom is 0.242 e. The fourth-order valence-electron chi connectivity index (χ4n) is 3.53. The highest BCUT2D eigenvalue weighted by atomic mass is 16.2. The molecule has 2 aromatic rings. The van der Waals surface area contributed by atoms with Gasteiger partial charge in [-0.15, -0.1) is 0 Å². The largest absolute Gasteiger partial charge is 0.354 e. The molecule has 0 spiro atoms. The lowest BCUT2D eigenvalue weighted by molar-refractivity contribution is -0.139. The van der Waals surface area contributed by atoms with E-state index in [1.165, 1.54) is 11.1 Å². The zero-order valence-corrected chi connectivity index (χ0v) is 19.8. The van der Waals surface area contributed by atoms with Crippen molar-refractivity contribution in [2.24, 2.45) is 0 Å². The molecule has 2 aromatic carbocycles. The van der Waals surface area contributed by atoms with Gasteiger partial charge in [0.15, 0.2) is 0 Å². The molecule has 31 heavy (non-hydrogen) atoms. The van der Waals surface area contributed by atoms with Gasteiger partial charge >= 0.3 is 0 Å². The quantitative estimate of drug-likeness (QED) is 0.592. The number of nitrogens with zero attached hydrogens (tertiary/aromatic N) is 1. The highest BCUT2D eigenvalue weighted by molar-refractivity contribution is 5.87. The molecule has 0 aromatic heterocycles. The summed E-state index contributed by atoms with van der Waals surface area (Å²) >= 11 is 0. The van der Waals surface area contributed by atoms with E-state index in [2.05, 4.69) is 62.5 Å². The van der Waals surface area contributed by atoms with Crippen molar-refractivity contribution in [3.63, 3.8) is 0 Å². The Morgan fingerprint density at radius 2 is 1.55 bits per heavy atom. The maximum atomic E-state index is 13.1. The van der Waals surface area contributed by atoms with Crippen LogP contribution in [0.4, 0.5) is 0 Å². The number of amides is 2. The third kappa shape index (κ3) is 7.86. The summed E-state index contributed by atoms with van der Waals surface area (Å²) in [4.78, 5) is 27.4. The molecule has 0 radical (unpaired) electrons. The van der Waals surface area contributed by atoms with Gasteiger partial charge < -0.3 is 10.2 Å². The minimum atomic E-state index is -0.481. The van der Waals surface area contributed by atoms with Crippen LogP contribution in [0.1, 0.15) is 64.2 Å². The fraction of sp³-hybridized carbons (Fsp3) is 0.481. The van der Waals surface area contributed by atoms with Gasteiger partial charge in [-0.05, 0) is 48.3 Å². The molecule has 4 heteroatoms. The van der Waals surface area contributed by atoms with E-state index in [1.807, 2.05) is 32.0 Å². The summed E-state index contributed by atoms with van der Waals surface area (Å²) < 4.78 is 0. The van der Waals surface area contributed by atoms with Crippen LogP contribution < -0.4 is 5.32 Å². The van der Waals surface area contributed by atoms with Crippen LogP contribution in [0.15, 0.2) is 54.6 Å². The van der Waals surface area contributed by atoms with E-state index in [0.717, 1.165) is 18.4 Å². The molecule has 0 aliphatic carbocycles.